The van der Waals surface area contributed by atoms with E-state index >= 15 is 0 Å². The maximum atomic E-state index is 13.0. The Balaban J connectivity index is 1.42. The van der Waals surface area contributed by atoms with Gasteiger partial charge >= 0.3 is 0 Å². The van der Waals surface area contributed by atoms with Crippen molar-refractivity contribution in [1.29, 1.82) is 0 Å². The molecule has 4 rings (SSSR count). The molecule has 178 valence electrons. The normalized spacial score (nSPS) is 25.7. The van der Waals surface area contributed by atoms with E-state index < -0.39 is 20.4 Å². The minimum Gasteiger partial charge on any atom is -0.378 e. The van der Waals surface area contributed by atoms with E-state index in [9.17, 15) is 23.3 Å². The number of nitro benzene ring substituents is 1. The van der Waals surface area contributed by atoms with Crippen molar-refractivity contribution in [3.05, 3.63) is 33.9 Å². The van der Waals surface area contributed by atoms with Gasteiger partial charge in [0.2, 0.25) is 15.9 Å². The predicted molar refractivity (Wildman–Crippen MR) is 121 cm³/mol. The van der Waals surface area contributed by atoms with E-state index in [0.29, 0.717) is 52.0 Å². The molecule has 1 amide bonds. The van der Waals surface area contributed by atoms with Crippen molar-refractivity contribution in [3.63, 3.8) is 0 Å². The van der Waals surface area contributed by atoms with Gasteiger partial charge in [-0.2, -0.15) is 0 Å². The molecule has 0 spiro atoms. The van der Waals surface area contributed by atoms with Crippen LogP contribution in [0.3, 0.4) is 0 Å². The number of carbonyl (C=O) groups excluding carboxylic acids is 1. The molecule has 1 aromatic rings. The lowest BCUT2D eigenvalue weighted by molar-refractivity contribution is -0.385. The Labute approximate surface area is 194 Å². The van der Waals surface area contributed by atoms with Gasteiger partial charge in [-0.3, -0.25) is 14.9 Å². The zero-order chi connectivity index (χ0) is 23.6. The van der Waals surface area contributed by atoms with Gasteiger partial charge in [0.1, 0.15) is 5.56 Å². The van der Waals surface area contributed by atoms with E-state index in [0.717, 1.165) is 18.9 Å². The van der Waals surface area contributed by atoms with Crippen LogP contribution in [0, 0.1) is 33.3 Å². The van der Waals surface area contributed by atoms with E-state index in [-0.39, 0.29) is 34.0 Å². The molecule has 2 aliphatic carbocycles. The van der Waals surface area contributed by atoms with Gasteiger partial charge < -0.3 is 9.64 Å². The number of rotatable bonds is 5. The molecule has 1 aliphatic heterocycles. The number of morpholine rings is 1. The topological polar surface area (TPSA) is 119 Å². The maximum absolute atomic E-state index is 13.0. The lowest BCUT2D eigenvalue weighted by Crippen LogP contribution is -2.50. The van der Waals surface area contributed by atoms with Crippen LogP contribution in [0.5, 0.6) is 0 Å². The molecule has 2 saturated carbocycles. The fourth-order valence-corrected chi connectivity index (χ4v) is 5.69. The number of nitrogens with one attached hydrogen (secondary N) is 1. The number of nitrogens with zero attached hydrogens (tertiary/aromatic N) is 2. The van der Waals surface area contributed by atoms with Gasteiger partial charge in [-0.1, -0.05) is 18.8 Å². The van der Waals surface area contributed by atoms with Gasteiger partial charge in [-0.25, -0.2) is 13.1 Å². The number of hydrogen-bond acceptors (Lipinski definition) is 6. The fraction of sp³-hybridized carbons (Fsp3) is 0.609. The van der Waals surface area contributed by atoms with Crippen LogP contribution < -0.4 is 4.72 Å². The van der Waals surface area contributed by atoms with Gasteiger partial charge in [0.15, 0.2) is 0 Å². The molecule has 0 unspecified atom stereocenters. The highest BCUT2D eigenvalue weighted by Gasteiger charge is 2.41. The SMILES string of the molecule is CC1(C(=O)N2CCOCC2)CCC(NS(=O)(=O)c2ccc(C#CC3CC3)c([N+](=O)[O-])c2)CC1. The van der Waals surface area contributed by atoms with E-state index in [1.807, 2.05) is 11.8 Å². The van der Waals surface area contributed by atoms with Crippen molar-refractivity contribution in [1.82, 2.24) is 9.62 Å². The Kier molecular flexibility index (Phi) is 6.75. The van der Waals surface area contributed by atoms with Gasteiger partial charge in [0.25, 0.3) is 5.69 Å². The van der Waals surface area contributed by atoms with Gasteiger partial charge in [-0.15, -0.1) is 0 Å². The average molecular weight is 476 g/mol. The summed E-state index contributed by atoms with van der Waals surface area (Å²) in [6.07, 6.45) is 4.20. The number of ether oxygens (including phenoxy) is 1. The Morgan fingerprint density at radius 2 is 1.88 bits per heavy atom. The molecule has 0 atom stereocenters. The Bertz CT molecular complexity index is 1090. The smallest absolute Gasteiger partial charge is 0.286 e. The van der Waals surface area contributed by atoms with Crippen LogP contribution in [0.2, 0.25) is 0 Å². The third-order valence-electron chi connectivity index (χ3n) is 6.69. The molecule has 33 heavy (non-hydrogen) atoms. The lowest BCUT2D eigenvalue weighted by atomic mass is 9.73. The second-order valence-corrected chi connectivity index (χ2v) is 11.1. The van der Waals surface area contributed by atoms with E-state index in [4.69, 9.17) is 4.74 Å². The van der Waals surface area contributed by atoms with E-state index in [2.05, 4.69) is 16.6 Å². The van der Waals surface area contributed by atoms with Crippen LogP contribution in [-0.2, 0) is 19.6 Å². The Morgan fingerprint density at radius 3 is 2.48 bits per heavy atom. The van der Waals surface area contributed by atoms with E-state index in [1.54, 1.807) is 0 Å². The van der Waals surface area contributed by atoms with Crippen molar-refractivity contribution < 1.29 is 22.9 Å². The Morgan fingerprint density at radius 1 is 1.21 bits per heavy atom. The van der Waals surface area contributed by atoms with Crippen molar-refractivity contribution in [2.24, 2.45) is 11.3 Å². The summed E-state index contributed by atoms with van der Waals surface area (Å²) in [6, 6.07) is 3.52. The molecular formula is C23H29N3O6S. The van der Waals surface area contributed by atoms with Crippen molar-refractivity contribution in [3.8, 4) is 11.8 Å². The molecule has 3 fully saturated rings. The molecule has 0 bridgehead atoms. The first-order valence-corrected chi connectivity index (χ1v) is 12.9. The summed E-state index contributed by atoms with van der Waals surface area (Å²) in [5, 5.41) is 11.5. The summed E-state index contributed by atoms with van der Waals surface area (Å²) in [7, 11) is -3.94. The molecular weight excluding hydrogens is 446 g/mol. The standard InChI is InChI=1S/C23H29N3O6S/c1-23(22(27)25-12-14-32-15-13-25)10-8-19(9-11-23)24-33(30,31)20-7-6-18(5-4-17-2-3-17)21(16-20)26(28)29/h6-7,16-17,19,24H,2-3,8-15H2,1H3. The maximum Gasteiger partial charge on any atom is 0.286 e. The first-order valence-electron chi connectivity index (χ1n) is 11.4. The number of carbonyl (C=O) groups is 1. The van der Waals surface area contributed by atoms with Crippen molar-refractivity contribution in [2.75, 3.05) is 26.3 Å². The lowest BCUT2D eigenvalue weighted by Gasteiger charge is -2.40. The highest BCUT2D eigenvalue weighted by Crippen LogP contribution is 2.38. The molecule has 9 nitrogen and oxygen atoms in total. The second-order valence-electron chi connectivity index (χ2n) is 9.34. The summed E-state index contributed by atoms with van der Waals surface area (Å²) in [5.41, 5.74) is -0.598. The number of benzene rings is 1. The summed E-state index contributed by atoms with van der Waals surface area (Å²) in [4.78, 5) is 25.6. The number of amides is 1. The van der Waals surface area contributed by atoms with Gasteiger partial charge in [-0.05, 0) is 50.7 Å². The molecule has 10 heteroatoms. The van der Waals surface area contributed by atoms with Crippen LogP contribution in [0.15, 0.2) is 23.1 Å². The van der Waals surface area contributed by atoms with Crippen molar-refractivity contribution in [2.45, 2.75) is 56.4 Å². The fourth-order valence-electron chi connectivity index (χ4n) is 4.37. The first kappa shape index (κ1) is 23.7. The number of nitro groups is 1. The minimum absolute atomic E-state index is 0.102. The average Bonchev–Trinajstić information content (AvgIpc) is 3.63. The van der Waals surface area contributed by atoms with Gasteiger partial charge in [0, 0.05) is 36.5 Å². The summed E-state index contributed by atoms with van der Waals surface area (Å²) >= 11 is 0. The minimum atomic E-state index is -3.94. The van der Waals surface area contributed by atoms with Crippen LogP contribution in [0.4, 0.5) is 5.69 Å². The summed E-state index contributed by atoms with van der Waals surface area (Å²) in [6.45, 7) is 4.21. The first-order chi connectivity index (χ1) is 15.7. The third-order valence-corrected chi connectivity index (χ3v) is 8.21. The summed E-state index contributed by atoms with van der Waals surface area (Å²) in [5.74, 6) is 6.17. The number of hydrogen-bond donors (Lipinski definition) is 1. The third kappa shape index (κ3) is 5.54. The van der Waals surface area contributed by atoms with Crippen molar-refractivity contribution >= 4 is 21.6 Å². The highest BCUT2D eigenvalue weighted by atomic mass is 32.2. The molecule has 1 N–H and O–H groups in total. The van der Waals surface area contributed by atoms with Crippen LogP contribution in [0.1, 0.15) is 51.0 Å². The monoisotopic (exact) mass is 475 g/mol. The zero-order valence-electron chi connectivity index (χ0n) is 18.7. The zero-order valence-corrected chi connectivity index (χ0v) is 19.5. The van der Waals surface area contributed by atoms with Crippen LogP contribution in [0.25, 0.3) is 0 Å². The summed E-state index contributed by atoms with van der Waals surface area (Å²) < 4.78 is 33.9. The van der Waals surface area contributed by atoms with Crippen LogP contribution in [-0.4, -0.2) is 56.5 Å². The molecule has 0 radical (unpaired) electrons. The molecule has 1 aromatic carbocycles. The second kappa shape index (κ2) is 9.41. The molecule has 3 aliphatic rings. The van der Waals surface area contributed by atoms with E-state index in [1.165, 1.54) is 12.1 Å². The molecule has 1 heterocycles. The number of sulfonamides is 1. The molecule has 0 aromatic heterocycles. The molecule has 1 saturated heterocycles. The van der Waals surface area contributed by atoms with Crippen LogP contribution >= 0.6 is 0 Å². The largest absolute Gasteiger partial charge is 0.378 e. The Hall–Kier alpha value is -2.48. The quantitative estimate of drug-likeness (QED) is 0.397. The highest BCUT2D eigenvalue weighted by molar-refractivity contribution is 7.89. The van der Waals surface area contributed by atoms with Gasteiger partial charge in [0.05, 0.1) is 23.0 Å². The predicted octanol–water partition coefficient (Wildman–Crippen LogP) is 2.44.